The molecule has 1 rings (SSSR count). The molecule has 0 radical (unpaired) electrons. The van der Waals surface area contributed by atoms with Crippen molar-refractivity contribution in [2.45, 2.75) is 26.3 Å². The Morgan fingerprint density at radius 1 is 0.957 bits per heavy atom. The van der Waals surface area contributed by atoms with E-state index in [0.29, 0.717) is 6.04 Å². The van der Waals surface area contributed by atoms with Gasteiger partial charge in [0.25, 0.3) is 0 Å². The molecule has 132 valence electrons. The van der Waals surface area contributed by atoms with Crippen LogP contribution >= 0.6 is 24.0 Å². The van der Waals surface area contributed by atoms with Gasteiger partial charge in [-0.1, -0.05) is 44.2 Å². The number of rotatable bonds is 7. The molecule has 0 aromatic heterocycles. The van der Waals surface area contributed by atoms with Gasteiger partial charge in [0.2, 0.25) is 0 Å². The highest BCUT2D eigenvalue weighted by atomic mass is 127. The van der Waals surface area contributed by atoms with E-state index in [2.05, 4.69) is 58.9 Å². The van der Waals surface area contributed by atoms with Crippen LogP contribution in [-0.4, -0.2) is 74.5 Å². The number of hydrogen-bond acceptors (Lipinski definition) is 2. The molecule has 4 nitrogen and oxygen atoms in total. The van der Waals surface area contributed by atoms with Crippen LogP contribution < -0.4 is 0 Å². The minimum absolute atomic E-state index is 0. The van der Waals surface area contributed by atoms with Crippen molar-refractivity contribution in [2.24, 2.45) is 4.99 Å². The zero-order valence-electron chi connectivity index (χ0n) is 15.5. The van der Waals surface area contributed by atoms with Crippen molar-refractivity contribution in [1.29, 1.82) is 0 Å². The van der Waals surface area contributed by atoms with Crippen molar-refractivity contribution in [2.75, 3.05) is 47.8 Å². The van der Waals surface area contributed by atoms with Crippen molar-refractivity contribution < 1.29 is 0 Å². The molecule has 1 atom stereocenters. The summed E-state index contributed by atoms with van der Waals surface area (Å²) in [6.07, 6.45) is 1.04. The molecule has 1 unspecified atom stereocenters. The second-order valence-corrected chi connectivity index (χ2v) is 5.99. The Balaban J connectivity index is 0.00000484. The first-order chi connectivity index (χ1) is 10.5. The van der Waals surface area contributed by atoms with Gasteiger partial charge < -0.3 is 9.80 Å². The van der Waals surface area contributed by atoms with Crippen molar-refractivity contribution in [3.8, 4) is 0 Å². The molecule has 0 saturated carbocycles. The van der Waals surface area contributed by atoms with Crippen molar-refractivity contribution >= 4 is 29.9 Å². The Hall–Kier alpha value is -0.820. The molecular weight excluding hydrogens is 399 g/mol. The van der Waals surface area contributed by atoms with Gasteiger partial charge in [0.05, 0.1) is 6.54 Å². The standard InChI is InChI=1S/C18H32N4.HI/c1-7-22(8-2)17(14-16-12-10-9-11-13-16)15-19-18(20(3)4)21(5)6;/h9-13,17H,7-8,14-15H2,1-6H3;1H. The Kier molecular flexibility index (Phi) is 11.3. The summed E-state index contributed by atoms with van der Waals surface area (Å²) in [4.78, 5) is 11.5. The van der Waals surface area contributed by atoms with Gasteiger partial charge >= 0.3 is 0 Å². The minimum Gasteiger partial charge on any atom is -0.349 e. The van der Waals surface area contributed by atoms with E-state index >= 15 is 0 Å². The largest absolute Gasteiger partial charge is 0.349 e. The molecule has 0 bridgehead atoms. The van der Waals surface area contributed by atoms with Crippen LogP contribution in [0.15, 0.2) is 35.3 Å². The summed E-state index contributed by atoms with van der Waals surface area (Å²) in [6, 6.07) is 11.2. The summed E-state index contributed by atoms with van der Waals surface area (Å²) in [5, 5.41) is 0. The number of hydrogen-bond donors (Lipinski definition) is 0. The van der Waals surface area contributed by atoms with Crippen molar-refractivity contribution in [3.63, 3.8) is 0 Å². The second kappa shape index (κ2) is 11.7. The van der Waals surface area contributed by atoms with E-state index in [0.717, 1.165) is 32.0 Å². The molecule has 0 fully saturated rings. The lowest BCUT2D eigenvalue weighted by atomic mass is 10.0. The van der Waals surface area contributed by atoms with E-state index < -0.39 is 0 Å². The molecule has 0 spiro atoms. The van der Waals surface area contributed by atoms with Crippen LogP contribution in [0, 0.1) is 0 Å². The van der Waals surface area contributed by atoms with Crippen LogP contribution in [0.2, 0.25) is 0 Å². The zero-order chi connectivity index (χ0) is 16.5. The van der Waals surface area contributed by atoms with Gasteiger partial charge in [-0.05, 0) is 25.1 Å². The molecule has 23 heavy (non-hydrogen) atoms. The lowest BCUT2D eigenvalue weighted by Crippen LogP contribution is -2.41. The highest BCUT2D eigenvalue weighted by Gasteiger charge is 2.17. The quantitative estimate of drug-likeness (QED) is 0.376. The fraction of sp³-hybridized carbons (Fsp3) is 0.611. The van der Waals surface area contributed by atoms with Gasteiger partial charge in [-0.25, -0.2) is 0 Å². The maximum atomic E-state index is 4.86. The fourth-order valence-electron chi connectivity index (χ4n) is 2.81. The van der Waals surface area contributed by atoms with E-state index in [1.807, 2.05) is 28.2 Å². The monoisotopic (exact) mass is 432 g/mol. The Morgan fingerprint density at radius 3 is 1.91 bits per heavy atom. The SMILES string of the molecule is CCN(CC)C(CN=C(N(C)C)N(C)C)Cc1ccccc1.I. The zero-order valence-corrected chi connectivity index (χ0v) is 17.8. The lowest BCUT2D eigenvalue weighted by Gasteiger charge is -2.30. The van der Waals surface area contributed by atoms with E-state index in [1.165, 1.54) is 5.56 Å². The van der Waals surface area contributed by atoms with Gasteiger partial charge in [-0.15, -0.1) is 24.0 Å². The van der Waals surface area contributed by atoms with Gasteiger partial charge in [0, 0.05) is 34.2 Å². The highest BCUT2D eigenvalue weighted by molar-refractivity contribution is 14.0. The van der Waals surface area contributed by atoms with E-state index in [9.17, 15) is 0 Å². The molecule has 0 heterocycles. The van der Waals surface area contributed by atoms with E-state index in [4.69, 9.17) is 4.99 Å². The molecule has 0 aliphatic rings. The number of aliphatic imine (C=N–C) groups is 1. The predicted octanol–water partition coefficient (Wildman–Crippen LogP) is 3.04. The number of nitrogens with zero attached hydrogens (tertiary/aromatic N) is 4. The third kappa shape index (κ3) is 7.52. The van der Waals surface area contributed by atoms with Crippen LogP contribution in [0.5, 0.6) is 0 Å². The maximum Gasteiger partial charge on any atom is 0.195 e. The topological polar surface area (TPSA) is 22.1 Å². The van der Waals surface area contributed by atoms with Crippen LogP contribution in [0.3, 0.4) is 0 Å². The molecule has 0 aliphatic heterocycles. The molecule has 0 aliphatic carbocycles. The number of guanidine groups is 1. The highest BCUT2D eigenvalue weighted by Crippen LogP contribution is 2.10. The smallest absolute Gasteiger partial charge is 0.195 e. The summed E-state index contributed by atoms with van der Waals surface area (Å²) in [5.41, 5.74) is 1.38. The van der Waals surface area contributed by atoms with Crippen LogP contribution in [-0.2, 0) is 6.42 Å². The average molecular weight is 432 g/mol. The molecule has 1 aromatic carbocycles. The van der Waals surface area contributed by atoms with Crippen LogP contribution in [0.4, 0.5) is 0 Å². The molecule has 0 saturated heterocycles. The number of halogens is 1. The summed E-state index contributed by atoms with van der Waals surface area (Å²) in [7, 11) is 8.18. The van der Waals surface area contributed by atoms with Gasteiger partial charge in [0.15, 0.2) is 5.96 Å². The van der Waals surface area contributed by atoms with Crippen molar-refractivity contribution in [1.82, 2.24) is 14.7 Å². The molecule has 5 heteroatoms. The predicted molar refractivity (Wildman–Crippen MR) is 112 cm³/mol. The average Bonchev–Trinajstić information content (AvgIpc) is 2.48. The summed E-state index contributed by atoms with van der Waals surface area (Å²) >= 11 is 0. The molecule has 1 aromatic rings. The summed E-state index contributed by atoms with van der Waals surface area (Å²) < 4.78 is 0. The van der Waals surface area contributed by atoms with Crippen LogP contribution in [0.25, 0.3) is 0 Å². The third-order valence-corrected chi connectivity index (χ3v) is 3.89. The number of likely N-dealkylation sites (N-methyl/N-ethyl adjacent to an activating group) is 1. The van der Waals surface area contributed by atoms with Gasteiger partial charge in [-0.3, -0.25) is 9.89 Å². The molecular formula is C18H33IN4. The first kappa shape index (κ1) is 22.2. The molecule has 0 amide bonds. The van der Waals surface area contributed by atoms with E-state index in [1.54, 1.807) is 0 Å². The fourth-order valence-corrected chi connectivity index (χ4v) is 2.81. The Labute approximate surface area is 159 Å². The third-order valence-electron chi connectivity index (χ3n) is 3.89. The van der Waals surface area contributed by atoms with Gasteiger partial charge in [0.1, 0.15) is 0 Å². The second-order valence-electron chi connectivity index (χ2n) is 5.99. The summed E-state index contributed by atoms with van der Waals surface area (Å²) in [6.45, 7) is 7.39. The number of benzene rings is 1. The van der Waals surface area contributed by atoms with Gasteiger partial charge in [-0.2, -0.15) is 0 Å². The first-order valence-electron chi connectivity index (χ1n) is 8.16. The normalized spacial score (nSPS) is 11.6. The Bertz CT molecular complexity index is 432. The summed E-state index contributed by atoms with van der Waals surface area (Å²) in [5.74, 6) is 1.02. The first-order valence-corrected chi connectivity index (χ1v) is 8.16. The van der Waals surface area contributed by atoms with Crippen molar-refractivity contribution in [3.05, 3.63) is 35.9 Å². The molecule has 0 N–H and O–H groups in total. The van der Waals surface area contributed by atoms with Crippen LogP contribution in [0.1, 0.15) is 19.4 Å². The van der Waals surface area contributed by atoms with E-state index in [-0.39, 0.29) is 24.0 Å². The Morgan fingerprint density at radius 2 is 1.48 bits per heavy atom. The minimum atomic E-state index is 0. The lowest BCUT2D eigenvalue weighted by molar-refractivity contribution is 0.219. The maximum absolute atomic E-state index is 4.86.